The maximum Gasteiger partial charge on any atom is 0.347 e. The minimum atomic E-state index is -3.65. The molecule has 2 N–H and O–H groups in total. The van der Waals surface area contributed by atoms with Crippen molar-refractivity contribution in [2.24, 2.45) is 11.7 Å². The number of benzene rings is 1. The van der Waals surface area contributed by atoms with Crippen LogP contribution in [-0.2, 0) is 26.0 Å². The summed E-state index contributed by atoms with van der Waals surface area (Å²) in [6, 6.07) is 4.84. The van der Waals surface area contributed by atoms with Gasteiger partial charge in [-0.3, -0.25) is 0 Å². The van der Waals surface area contributed by atoms with E-state index in [9.17, 15) is 13.2 Å². The van der Waals surface area contributed by atoms with Crippen LogP contribution in [0.15, 0.2) is 23.1 Å². The van der Waals surface area contributed by atoms with E-state index in [1.807, 2.05) is 0 Å². The summed E-state index contributed by atoms with van der Waals surface area (Å²) in [5.74, 6) is 0.478. The topological polar surface area (TPSA) is 98.9 Å². The van der Waals surface area contributed by atoms with Gasteiger partial charge in [-0.25, -0.2) is 13.2 Å². The van der Waals surface area contributed by atoms with Crippen LogP contribution in [-0.4, -0.2) is 50.0 Å². The Morgan fingerprint density at radius 2 is 2.22 bits per heavy atom. The molecule has 2 heterocycles. The van der Waals surface area contributed by atoms with Crippen molar-refractivity contribution in [2.45, 2.75) is 55.6 Å². The zero-order chi connectivity index (χ0) is 19.2. The van der Waals surface area contributed by atoms with Gasteiger partial charge in [-0.15, -0.1) is 0 Å². The number of nitrogens with zero attached hydrogens (tertiary/aromatic N) is 1. The molecule has 1 aromatic carbocycles. The van der Waals surface area contributed by atoms with Crippen LogP contribution in [0.3, 0.4) is 0 Å². The van der Waals surface area contributed by atoms with Crippen molar-refractivity contribution in [1.82, 2.24) is 4.31 Å². The Hall–Kier alpha value is -1.64. The molecule has 0 bridgehead atoms. The number of ether oxygens (including phenoxy) is 2. The molecule has 3 aliphatic rings. The van der Waals surface area contributed by atoms with Crippen LogP contribution in [0.5, 0.6) is 5.75 Å². The van der Waals surface area contributed by atoms with Crippen molar-refractivity contribution in [2.75, 3.05) is 19.7 Å². The lowest BCUT2D eigenvalue weighted by atomic mass is 9.63. The average molecular weight is 394 g/mol. The quantitative estimate of drug-likeness (QED) is 0.759. The monoisotopic (exact) mass is 394 g/mol. The molecule has 8 heteroatoms. The molecule has 3 atom stereocenters. The van der Waals surface area contributed by atoms with E-state index in [2.05, 4.69) is 0 Å². The summed E-state index contributed by atoms with van der Waals surface area (Å²) in [6.07, 6.45) is 3.39. The van der Waals surface area contributed by atoms with Crippen molar-refractivity contribution in [3.63, 3.8) is 0 Å². The predicted molar refractivity (Wildman–Crippen MR) is 98.8 cm³/mol. The van der Waals surface area contributed by atoms with E-state index in [0.717, 1.165) is 31.2 Å². The molecular formula is C19H26N2O5S. The smallest absolute Gasteiger partial charge is 0.347 e. The van der Waals surface area contributed by atoms with Crippen LogP contribution in [0, 0.1) is 5.92 Å². The summed E-state index contributed by atoms with van der Waals surface area (Å²) in [5, 5.41) is 0. The number of fused-ring (bicyclic) bond motifs is 2. The summed E-state index contributed by atoms with van der Waals surface area (Å²) in [6.45, 7) is 2.89. The molecule has 3 unspecified atom stereocenters. The van der Waals surface area contributed by atoms with Crippen molar-refractivity contribution < 1.29 is 22.7 Å². The number of sulfonamides is 1. The van der Waals surface area contributed by atoms with Crippen molar-refractivity contribution in [3.8, 4) is 5.75 Å². The summed E-state index contributed by atoms with van der Waals surface area (Å²) in [5.41, 5.74) is 6.33. The second-order valence-corrected chi connectivity index (χ2v) is 9.46. The minimum Gasteiger partial charge on any atom is -0.478 e. The first-order valence-corrected chi connectivity index (χ1v) is 11.1. The van der Waals surface area contributed by atoms with Gasteiger partial charge < -0.3 is 15.2 Å². The zero-order valence-corrected chi connectivity index (χ0v) is 16.3. The molecule has 1 aliphatic carbocycles. The Bertz CT molecular complexity index is 852. The number of carbonyl (C=O) groups is 1. The van der Waals surface area contributed by atoms with Crippen LogP contribution in [0.1, 0.15) is 38.2 Å². The van der Waals surface area contributed by atoms with Gasteiger partial charge in [-0.2, -0.15) is 4.31 Å². The first kappa shape index (κ1) is 18.7. The fourth-order valence-corrected chi connectivity index (χ4v) is 6.69. The Labute approximate surface area is 159 Å². The van der Waals surface area contributed by atoms with Gasteiger partial charge in [0.25, 0.3) is 0 Å². The third kappa shape index (κ3) is 2.85. The molecule has 148 valence electrons. The highest BCUT2D eigenvalue weighted by Crippen LogP contribution is 2.50. The van der Waals surface area contributed by atoms with E-state index in [1.54, 1.807) is 29.4 Å². The van der Waals surface area contributed by atoms with Crippen LogP contribution in [0.25, 0.3) is 0 Å². The summed E-state index contributed by atoms with van der Waals surface area (Å²) < 4.78 is 39.1. The van der Waals surface area contributed by atoms with Gasteiger partial charge in [0.2, 0.25) is 10.0 Å². The molecule has 0 spiro atoms. The van der Waals surface area contributed by atoms with Crippen LogP contribution < -0.4 is 10.5 Å². The highest BCUT2D eigenvalue weighted by molar-refractivity contribution is 7.89. The van der Waals surface area contributed by atoms with Gasteiger partial charge in [0, 0.05) is 19.5 Å². The Balaban J connectivity index is 1.61. The number of carbonyl (C=O) groups excluding carboxylic acids is 1. The molecule has 1 aromatic rings. The standard InChI is InChI=1S/C19H26N2O5S/c1-2-25-18(22)17-11-13-10-15(5-6-16(13)26-17)27(23,24)21-9-3-4-14-7-8-19(14,21)12-20/h5-6,10,14,17H,2-4,7-9,11-12,20H2,1H3. The van der Waals surface area contributed by atoms with E-state index >= 15 is 0 Å². The number of piperidine rings is 1. The van der Waals surface area contributed by atoms with E-state index < -0.39 is 27.6 Å². The summed E-state index contributed by atoms with van der Waals surface area (Å²) in [7, 11) is -3.65. The van der Waals surface area contributed by atoms with Gasteiger partial charge in [0.15, 0.2) is 6.10 Å². The second kappa shape index (κ2) is 6.76. The van der Waals surface area contributed by atoms with Gasteiger partial charge in [0.1, 0.15) is 5.75 Å². The fraction of sp³-hybridized carbons (Fsp3) is 0.632. The Kier molecular flexibility index (Phi) is 4.68. The van der Waals surface area contributed by atoms with Crippen molar-refractivity contribution in [3.05, 3.63) is 23.8 Å². The van der Waals surface area contributed by atoms with E-state index in [4.69, 9.17) is 15.2 Å². The minimum absolute atomic E-state index is 0.245. The molecule has 2 aliphatic heterocycles. The van der Waals surface area contributed by atoms with E-state index in [-0.39, 0.29) is 11.5 Å². The lowest BCUT2D eigenvalue weighted by Gasteiger charge is -2.57. The fourth-order valence-electron chi connectivity index (χ4n) is 4.74. The van der Waals surface area contributed by atoms with Gasteiger partial charge in [-0.05, 0) is 62.3 Å². The van der Waals surface area contributed by atoms with Gasteiger partial charge in [0.05, 0.1) is 17.0 Å². The van der Waals surface area contributed by atoms with Crippen molar-refractivity contribution >= 4 is 16.0 Å². The summed E-state index contributed by atoms with van der Waals surface area (Å²) in [4.78, 5) is 12.2. The number of hydrogen-bond acceptors (Lipinski definition) is 6. The van der Waals surface area contributed by atoms with E-state index in [1.165, 1.54) is 0 Å². The first-order valence-electron chi connectivity index (χ1n) is 9.61. The molecule has 0 aromatic heterocycles. The Morgan fingerprint density at radius 3 is 2.89 bits per heavy atom. The molecule has 1 saturated carbocycles. The third-order valence-electron chi connectivity index (χ3n) is 6.29. The maximum absolute atomic E-state index is 13.4. The first-order chi connectivity index (χ1) is 12.9. The SMILES string of the molecule is CCOC(=O)C1Cc2cc(S(=O)(=O)N3CCCC4CCC43CN)ccc2O1. The number of nitrogens with two attached hydrogens (primary N) is 1. The lowest BCUT2D eigenvalue weighted by molar-refractivity contribution is -0.150. The van der Waals surface area contributed by atoms with Crippen LogP contribution in [0.4, 0.5) is 0 Å². The molecule has 0 radical (unpaired) electrons. The van der Waals surface area contributed by atoms with E-state index in [0.29, 0.717) is 31.2 Å². The zero-order valence-electron chi connectivity index (χ0n) is 15.5. The largest absolute Gasteiger partial charge is 0.478 e. The molecule has 1 saturated heterocycles. The van der Waals surface area contributed by atoms with Crippen LogP contribution >= 0.6 is 0 Å². The van der Waals surface area contributed by atoms with Crippen molar-refractivity contribution in [1.29, 1.82) is 0 Å². The summed E-state index contributed by atoms with van der Waals surface area (Å²) >= 11 is 0. The number of rotatable bonds is 5. The Morgan fingerprint density at radius 1 is 1.41 bits per heavy atom. The van der Waals surface area contributed by atoms with Crippen LogP contribution in [0.2, 0.25) is 0 Å². The molecule has 7 nitrogen and oxygen atoms in total. The van der Waals surface area contributed by atoms with Gasteiger partial charge in [-0.1, -0.05) is 0 Å². The molecule has 2 fully saturated rings. The van der Waals surface area contributed by atoms with Gasteiger partial charge >= 0.3 is 5.97 Å². The molecule has 0 amide bonds. The second-order valence-electron chi connectivity index (χ2n) is 7.59. The molecule has 4 rings (SSSR count). The predicted octanol–water partition coefficient (Wildman–Crippen LogP) is 1.45. The number of esters is 1. The lowest BCUT2D eigenvalue weighted by Crippen LogP contribution is -2.67. The highest BCUT2D eigenvalue weighted by atomic mass is 32.2. The number of hydrogen-bond donors (Lipinski definition) is 1. The molecule has 27 heavy (non-hydrogen) atoms. The highest BCUT2D eigenvalue weighted by Gasteiger charge is 2.55. The average Bonchev–Trinajstić information content (AvgIpc) is 3.06. The normalized spacial score (nSPS) is 30.0. The maximum atomic E-state index is 13.4. The third-order valence-corrected chi connectivity index (χ3v) is 8.27. The molecular weight excluding hydrogens is 368 g/mol.